The van der Waals surface area contributed by atoms with Crippen LogP contribution < -0.4 is 19.9 Å². The van der Waals surface area contributed by atoms with Crippen molar-refractivity contribution >= 4 is 29.7 Å². The fourth-order valence-corrected chi connectivity index (χ4v) is 6.62. The van der Waals surface area contributed by atoms with Gasteiger partial charge in [0.15, 0.2) is 0 Å². The van der Waals surface area contributed by atoms with Gasteiger partial charge in [0.05, 0.1) is 19.3 Å². The molecule has 0 aromatic heterocycles. The minimum atomic E-state index is -0.422. The zero-order valence-corrected chi connectivity index (χ0v) is 26.3. The Balaban J connectivity index is 1.18. The van der Waals surface area contributed by atoms with Gasteiger partial charge in [-0.25, -0.2) is 4.79 Å². The third kappa shape index (κ3) is 7.46. The van der Waals surface area contributed by atoms with Gasteiger partial charge in [0.2, 0.25) is 12.3 Å². The van der Waals surface area contributed by atoms with Gasteiger partial charge in [0, 0.05) is 63.5 Å². The van der Waals surface area contributed by atoms with Crippen molar-refractivity contribution in [2.24, 2.45) is 0 Å². The molecule has 0 spiro atoms. The van der Waals surface area contributed by atoms with Gasteiger partial charge in [0.25, 0.3) is 0 Å². The monoisotopic (exact) mass is 605 g/mol. The highest BCUT2D eigenvalue weighted by Crippen LogP contribution is 2.30. The standard InChI is InChI=1S/C34H47N5O5/c1-4-7-32(33(41)35-24-40)36(3)27-9-6-10-28(21-27)37-16-12-26(13-17-37)39(29-22-43-23-29)34(42)38-18-14-30(15-19-38)44-31-11-5-8-25(2)20-31/h5-6,8-11,20-21,24,26,29-30,32H,4,7,12-19,22-23H2,1-3H3,(H,35,40,41). The Morgan fingerprint density at radius 1 is 1.02 bits per heavy atom. The summed E-state index contributed by atoms with van der Waals surface area (Å²) >= 11 is 0. The first-order valence-corrected chi connectivity index (χ1v) is 16.1. The van der Waals surface area contributed by atoms with E-state index < -0.39 is 6.04 Å². The number of aryl methyl sites for hydroxylation is 1. The predicted octanol–water partition coefficient (Wildman–Crippen LogP) is 4.21. The van der Waals surface area contributed by atoms with E-state index in [1.165, 1.54) is 5.56 Å². The lowest BCUT2D eigenvalue weighted by Gasteiger charge is -2.47. The number of hydrogen-bond acceptors (Lipinski definition) is 7. The molecule has 1 N–H and O–H groups in total. The number of imide groups is 1. The molecule has 238 valence electrons. The molecule has 44 heavy (non-hydrogen) atoms. The van der Waals surface area contributed by atoms with E-state index in [1.54, 1.807) is 0 Å². The minimum absolute atomic E-state index is 0.121. The maximum absolute atomic E-state index is 13.9. The van der Waals surface area contributed by atoms with Crippen molar-refractivity contribution in [3.05, 3.63) is 54.1 Å². The highest BCUT2D eigenvalue weighted by atomic mass is 16.5. The molecule has 2 aromatic rings. The number of amides is 4. The van der Waals surface area contributed by atoms with Gasteiger partial charge >= 0.3 is 6.03 Å². The van der Waals surface area contributed by atoms with Crippen molar-refractivity contribution in [3.63, 3.8) is 0 Å². The topological polar surface area (TPSA) is 94.7 Å². The fourth-order valence-electron chi connectivity index (χ4n) is 6.62. The molecule has 2 aromatic carbocycles. The molecule has 3 fully saturated rings. The number of nitrogens with one attached hydrogen (secondary N) is 1. The van der Waals surface area contributed by atoms with Crippen LogP contribution in [-0.4, -0.2) is 98.8 Å². The van der Waals surface area contributed by atoms with Crippen molar-refractivity contribution < 1.29 is 23.9 Å². The maximum Gasteiger partial charge on any atom is 0.320 e. The minimum Gasteiger partial charge on any atom is -0.490 e. The SMILES string of the molecule is CCCC(C(=O)NC=O)N(C)c1cccc(N2CCC(N(C(=O)N3CCC(Oc4cccc(C)c4)CC3)C3COC3)CC2)c1. The third-order valence-electron chi connectivity index (χ3n) is 9.23. The number of hydrogen-bond donors (Lipinski definition) is 1. The molecule has 1 unspecified atom stereocenters. The van der Waals surface area contributed by atoms with E-state index >= 15 is 0 Å². The highest BCUT2D eigenvalue weighted by Gasteiger charge is 2.39. The molecule has 3 heterocycles. The number of likely N-dealkylation sites (tertiary alicyclic amines) is 1. The van der Waals surface area contributed by atoms with Gasteiger partial charge in [-0.3, -0.25) is 14.9 Å². The molecule has 0 saturated carbocycles. The van der Waals surface area contributed by atoms with Crippen LogP contribution in [0.15, 0.2) is 48.5 Å². The van der Waals surface area contributed by atoms with E-state index in [0.717, 1.165) is 62.3 Å². The normalized spacial score (nSPS) is 18.7. The summed E-state index contributed by atoms with van der Waals surface area (Å²) in [6.07, 6.45) is 5.47. The number of carbonyl (C=O) groups excluding carboxylic acids is 3. The van der Waals surface area contributed by atoms with Crippen LogP contribution in [0.3, 0.4) is 0 Å². The molecule has 10 heteroatoms. The summed E-state index contributed by atoms with van der Waals surface area (Å²) in [5.41, 5.74) is 3.21. The smallest absolute Gasteiger partial charge is 0.320 e. The van der Waals surface area contributed by atoms with E-state index in [4.69, 9.17) is 9.47 Å². The van der Waals surface area contributed by atoms with Crippen molar-refractivity contribution in [1.82, 2.24) is 15.1 Å². The zero-order chi connectivity index (χ0) is 31.1. The number of rotatable bonds is 11. The molecule has 3 saturated heterocycles. The summed E-state index contributed by atoms with van der Waals surface area (Å²) in [4.78, 5) is 45.8. The van der Waals surface area contributed by atoms with Gasteiger partial charge in [-0.2, -0.15) is 0 Å². The number of likely N-dealkylation sites (N-methyl/N-ethyl adjacent to an activating group) is 1. The van der Waals surface area contributed by atoms with Crippen LogP contribution in [0.4, 0.5) is 16.2 Å². The fraction of sp³-hybridized carbons (Fsp3) is 0.559. The summed E-state index contributed by atoms with van der Waals surface area (Å²) in [6.45, 7) is 8.37. The number of nitrogens with zero attached hydrogens (tertiary/aromatic N) is 4. The highest BCUT2D eigenvalue weighted by molar-refractivity contribution is 5.92. The van der Waals surface area contributed by atoms with E-state index in [-0.39, 0.29) is 30.1 Å². The summed E-state index contributed by atoms with van der Waals surface area (Å²) in [7, 11) is 1.90. The molecule has 10 nitrogen and oxygen atoms in total. The van der Waals surface area contributed by atoms with Crippen LogP contribution in [-0.2, 0) is 14.3 Å². The van der Waals surface area contributed by atoms with E-state index in [9.17, 15) is 14.4 Å². The number of piperidine rings is 2. The average Bonchev–Trinajstić information content (AvgIpc) is 3.01. The Labute approximate surface area is 261 Å². The molecule has 1 atom stereocenters. The molecule has 3 aliphatic heterocycles. The third-order valence-corrected chi connectivity index (χ3v) is 9.23. The number of ether oxygens (including phenoxy) is 2. The Morgan fingerprint density at radius 3 is 2.39 bits per heavy atom. The maximum atomic E-state index is 13.9. The van der Waals surface area contributed by atoms with Crippen LogP contribution in [0.2, 0.25) is 0 Å². The van der Waals surface area contributed by atoms with Crippen LogP contribution in [0.5, 0.6) is 5.75 Å². The molecular formula is C34H47N5O5. The summed E-state index contributed by atoms with van der Waals surface area (Å²) in [5, 5.41) is 2.32. The summed E-state index contributed by atoms with van der Waals surface area (Å²) in [5.74, 6) is 0.611. The molecule has 0 bridgehead atoms. The Hall–Kier alpha value is -3.79. The number of benzene rings is 2. The zero-order valence-electron chi connectivity index (χ0n) is 26.3. The first kappa shape index (κ1) is 31.6. The molecule has 3 aliphatic rings. The van der Waals surface area contributed by atoms with E-state index in [2.05, 4.69) is 46.3 Å². The summed E-state index contributed by atoms with van der Waals surface area (Å²) in [6, 6.07) is 16.4. The second-order valence-corrected chi connectivity index (χ2v) is 12.3. The summed E-state index contributed by atoms with van der Waals surface area (Å²) < 4.78 is 11.8. The first-order valence-electron chi connectivity index (χ1n) is 16.1. The lowest BCUT2D eigenvalue weighted by Crippen LogP contribution is -2.62. The Bertz CT molecular complexity index is 1270. The number of carbonyl (C=O) groups is 3. The largest absolute Gasteiger partial charge is 0.490 e. The molecule has 0 radical (unpaired) electrons. The second kappa shape index (κ2) is 14.8. The van der Waals surface area contributed by atoms with Gasteiger partial charge < -0.3 is 29.1 Å². The molecular weight excluding hydrogens is 558 g/mol. The van der Waals surface area contributed by atoms with Crippen molar-refractivity contribution in [1.29, 1.82) is 0 Å². The lowest BCUT2D eigenvalue weighted by molar-refractivity contribution is -0.126. The molecule has 4 amide bonds. The van der Waals surface area contributed by atoms with E-state index in [0.29, 0.717) is 39.1 Å². The van der Waals surface area contributed by atoms with Crippen LogP contribution >= 0.6 is 0 Å². The second-order valence-electron chi connectivity index (χ2n) is 12.3. The van der Waals surface area contributed by atoms with Crippen LogP contribution in [0.1, 0.15) is 51.0 Å². The first-order chi connectivity index (χ1) is 21.4. The molecule has 5 rings (SSSR count). The number of urea groups is 1. The van der Waals surface area contributed by atoms with Gasteiger partial charge in [-0.15, -0.1) is 0 Å². The predicted molar refractivity (Wildman–Crippen MR) is 171 cm³/mol. The van der Waals surface area contributed by atoms with Crippen molar-refractivity contribution in [2.75, 3.05) is 56.2 Å². The average molecular weight is 606 g/mol. The Morgan fingerprint density at radius 2 is 1.75 bits per heavy atom. The quantitative estimate of drug-likeness (QED) is 0.384. The van der Waals surface area contributed by atoms with Gasteiger partial charge in [0.1, 0.15) is 17.9 Å². The van der Waals surface area contributed by atoms with Crippen LogP contribution in [0, 0.1) is 6.92 Å². The van der Waals surface area contributed by atoms with E-state index in [1.807, 2.05) is 48.0 Å². The van der Waals surface area contributed by atoms with Crippen molar-refractivity contribution in [2.45, 2.75) is 76.6 Å². The van der Waals surface area contributed by atoms with Crippen molar-refractivity contribution in [3.8, 4) is 5.75 Å². The van der Waals surface area contributed by atoms with Crippen LogP contribution in [0.25, 0.3) is 0 Å². The number of anilines is 2. The molecule has 0 aliphatic carbocycles. The van der Waals surface area contributed by atoms with Gasteiger partial charge in [-0.1, -0.05) is 31.5 Å². The lowest BCUT2D eigenvalue weighted by atomic mass is 9.99. The Kier molecular flexibility index (Phi) is 10.6. The van der Waals surface area contributed by atoms with Gasteiger partial charge in [-0.05, 0) is 62.1 Å².